The fourth-order valence-electron chi connectivity index (χ4n) is 3.04. The Bertz CT molecular complexity index is 970. The fraction of sp³-hybridized carbons (Fsp3) is 0.227. The van der Waals surface area contributed by atoms with Gasteiger partial charge in [-0.15, -0.1) is 0 Å². The number of likely N-dealkylation sites (N-methyl/N-ethyl adjacent to an activating group) is 1. The highest BCUT2D eigenvalue weighted by Gasteiger charge is 2.25. The number of hydrogen-bond donors (Lipinski definition) is 0. The van der Waals surface area contributed by atoms with Gasteiger partial charge in [-0.3, -0.25) is 9.78 Å². The number of fused-ring (bicyclic) bond motifs is 1. The van der Waals surface area contributed by atoms with Crippen LogP contribution in [0, 0.1) is 6.92 Å². The van der Waals surface area contributed by atoms with Gasteiger partial charge in [0, 0.05) is 23.3 Å². The Morgan fingerprint density at radius 1 is 1.07 bits per heavy atom. The Balaban J connectivity index is 1.82. The number of aryl methyl sites for hydroxylation is 1. The van der Waals surface area contributed by atoms with Crippen LogP contribution >= 0.6 is 0 Å². The van der Waals surface area contributed by atoms with Crippen LogP contribution in [0.15, 0.2) is 60.7 Å². The molecule has 0 saturated carbocycles. The van der Waals surface area contributed by atoms with Crippen LogP contribution in [0.5, 0.6) is 0 Å². The summed E-state index contributed by atoms with van der Waals surface area (Å²) >= 11 is 0. The van der Waals surface area contributed by atoms with Gasteiger partial charge >= 0.3 is 5.97 Å². The molecule has 3 rings (SSSR count). The van der Waals surface area contributed by atoms with E-state index < -0.39 is 12.1 Å². The molecule has 3 aromatic rings. The number of amides is 1. The third-order valence-corrected chi connectivity index (χ3v) is 4.35. The molecular weight excluding hydrogens is 340 g/mol. The smallest absolute Gasteiger partial charge is 0.339 e. The number of ether oxygens (including phenoxy) is 1. The van der Waals surface area contributed by atoms with Crippen molar-refractivity contribution >= 4 is 28.5 Å². The SMILES string of the molecule is CCN(C(=O)C(C)OC(=O)c1cc(C)nc2ccccc12)c1ccccc1. The van der Waals surface area contributed by atoms with E-state index in [4.69, 9.17) is 4.74 Å². The van der Waals surface area contributed by atoms with Crippen molar-refractivity contribution in [1.29, 1.82) is 0 Å². The summed E-state index contributed by atoms with van der Waals surface area (Å²) in [7, 11) is 0. The molecule has 0 bridgehead atoms. The molecule has 2 aromatic carbocycles. The number of hydrogen-bond acceptors (Lipinski definition) is 4. The number of aromatic nitrogens is 1. The number of carbonyl (C=O) groups excluding carboxylic acids is 2. The number of benzene rings is 2. The molecule has 1 unspecified atom stereocenters. The first-order valence-electron chi connectivity index (χ1n) is 8.95. The molecule has 0 spiro atoms. The van der Waals surface area contributed by atoms with Crippen LogP contribution in [0.1, 0.15) is 29.9 Å². The first-order valence-corrected chi connectivity index (χ1v) is 8.95. The van der Waals surface area contributed by atoms with Crippen molar-refractivity contribution in [3.8, 4) is 0 Å². The van der Waals surface area contributed by atoms with E-state index in [1.54, 1.807) is 17.9 Å². The number of rotatable bonds is 5. The van der Waals surface area contributed by atoms with Crippen LogP contribution in [0.4, 0.5) is 5.69 Å². The molecule has 0 fully saturated rings. The van der Waals surface area contributed by atoms with E-state index >= 15 is 0 Å². The fourth-order valence-corrected chi connectivity index (χ4v) is 3.04. The molecule has 0 aliphatic rings. The van der Waals surface area contributed by atoms with Crippen LogP contribution < -0.4 is 4.90 Å². The van der Waals surface area contributed by atoms with Gasteiger partial charge in [-0.2, -0.15) is 0 Å². The highest BCUT2D eigenvalue weighted by Crippen LogP contribution is 2.21. The highest BCUT2D eigenvalue weighted by atomic mass is 16.5. The topological polar surface area (TPSA) is 59.5 Å². The molecule has 1 atom stereocenters. The standard InChI is InChI=1S/C22H22N2O3/c1-4-24(17-10-6-5-7-11-17)21(25)16(3)27-22(26)19-14-15(2)23-20-13-9-8-12-18(19)20/h5-14,16H,4H2,1-3H3. The summed E-state index contributed by atoms with van der Waals surface area (Å²) in [4.78, 5) is 31.6. The van der Waals surface area contributed by atoms with Gasteiger partial charge in [-0.1, -0.05) is 36.4 Å². The van der Waals surface area contributed by atoms with Crippen molar-refractivity contribution in [3.63, 3.8) is 0 Å². The van der Waals surface area contributed by atoms with E-state index in [1.807, 2.05) is 68.4 Å². The van der Waals surface area contributed by atoms with Gasteiger partial charge in [0.15, 0.2) is 6.10 Å². The van der Waals surface area contributed by atoms with Crippen LogP contribution in [0.25, 0.3) is 10.9 Å². The second-order valence-electron chi connectivity index (χ2n) is 6.29. The number of carbonyl (C=O) groups is 2. The van der Waals surface area contributed by atoms with Crippen LogP contribution in [-0.4, -0.2) is 29.5 Å². The molecule has 1 heterocycles. The zero-order chi connectivity index (χ0) is 19.4. The maximum atomic E-state index is 12.8. The number of para-hydroxylation sites is 2. The molecular formula is C22H22N2O3. The quantitative estimate of drug-likeness (QED) is 0.640. The van der Waals surface area contributed by atoms with Crippen molar-refractivity contribution in [2.24, 2.45) is 0 Å². The Hall–Kier alpha value is -3.21. The third kappa shape index (κ3) is 3.97. The van der Waals surface area contributed by atoms with E-state index in [0.29, 0.717) is 17.5 Å². The van der Waals surface area contributed by atoms with E-state index in [0.717, 1.165) is 16.9 Å². The Morgan fingerprint density at radius 2 is 1.74 bits per heavy atom. The summed E-state index contributed by atoms with van der Waals surface area (Å²) < 4.78 is 5.51. The summed E-state index contributed by atoms with van der Waals surface area (Å²) in [6.07, 6.45) is -0.898. The van der Waals surface area contributed by atoms with Crippen molar-refractivity contribution in [2.75, 3.05) is 11.4 Å². The summed E-state index contributed by atoms with van der Waals surface area (Å²) in [6, 6.07) is 18.4. The largest absolute Gasteiger partial charge is 0.449 e. The number of pyridine rings is 1. The summed E-state index contributed by atoms with van der Waals surface area (Å²) in [5.74, 6) is -0.784. The molecule has 0 aliphatic heterocycles. The molecule has 0 aliphatic carbocycles. The number of esters is 1. The second-order valence-corrected chi connectivity index (χ2v) is 6.29. The van der Waals surface area contributed by atoms with Crippen LogP contribution in [0.2, 0.25) is 0 Å². The van der Waals surface area contributed by atoms with E-state index in [9.17, 15) is 9.59 Å². The minimum Gasteiger partial charge on any atom is -0.449 e. The normalized spacial score (nSPS) is 11.8. The van der Waals surface area contributed by atoms with Gasteiger partial charge in [-0.25, -0.2) is 4.79 Å². The predicted molar refractivity (Wildman–Crippen MR) is 106 cm³/mol. The first kappa shape index (κ1) is 18.6. The van der Waals surface area contributed by atoms with Crippen molar-refractivity contribution < 1.29 is 14.3 Å². The van der Waals surface area contributed by atoms with Gasteiger partial charge in [-0.05, 0) is 45.0 Å². The molecule has 0 radical (unpaired) electrons. The van der Waals surface area contributed by atoms with Gasteiger partial charge < -0.3 is 9.64 Å². The average molecular weight is 362 g/mol. The van der Waals surface area contributed by atoms with Gasteiger partial charge in [0.25, 0.3) is 5.91 Å². The van der Waals surface area contributed by atoms with E-state index in [1.165, 1.54) is 0 Å². The first-order chi connectivity index (χ1) is 13.0. The highest BCUT2D eigenvalue weighted by molar-refractivity contribution is 6.05. The summed E-state index contributed by atoms with van der Waals surface area (Å²) in [6.45, 7) is 5.80. The summed E-state index contributed by atoms with van der Waals surface area (Å²) in [5.41, 5.74) is 2.64. The molecule has 27 heavy (non-hydrogen) atoms. The zero-order valence-electron chi connectivity index (χ0n) is 15.7. The van der Waals surface area contributed by atoms with Crippen molar-refractivity contribution in [3.05, 3.63) is 71.9 Å². The van der Waals surface area contributed by atoms with E-state index in [-0.39, 0.29) is 5.91 Å². The van der Waals surface area contributed by atoms with Gasteiger partial charge in [0.1, 0.15) is 0 Å². The molecule has 0 N–H and O–H groups in total. The van der Waals surface area contributed by atoms with Crippen LogP contribution in [0.3, 0.4) is 0 Å². The minimum atomic E-state index is -0.898. The lowest BCUT2D eigenvalue weighted by Crippen LogP contribution is -2.40. The van der Waals surface area contributed by atoms with E-state index in [2.05, 4.69) is 4.98 Å². The lowest BCUT2D eigenvalue weighted by atomic mass is 10.1. The number of anilines is 1. The average Bonchev–Trinajstić information content (AvgIpc) is 2.68. The summed E-state index contributed by atoms with van der Waals surface area (Å²) in [5, 5.41) is 0.711. The maximum Gasteiger partial charge on any atom is 0.339 e. The van der Waals surface area contributed by atoms with Crippen LogP contribution in [-0.2, 0) is 9.53 Å². The Kier molecular flexibility index (Phi) is 5.50. The molecule has 138 valence electrons. The van der Waals surface area contributed by atoms with Crippen molar-refractivity contribution in [1.82, 2.24) is 4.98 Å². The maximum absolute atomic E-state index is 12.8. The second kappa shape index (κ2) is 7.99. The molecule has 0 saturated heterocycles. The zero-order valence-corrected chi connectivity index (χ0v) is 15.7. The monoisotopic (exact) mass is 362 g/mol. The minimum absolute atomic E-state index is 0.257. The third-order valence-electron chi connectivity index (χ3n) is 4.35. The number of nitrogens with zero attached hydrogens (tertiary/aromatic N) is 2. The predicted octanol–water partition coefficient (Wildman–Crippen LogP) is 4.14. The Labute approximate surface area is 158 Å². The molecule has 1 amide bonds. The Morgan fingerprint density at radius 3 is 2.44 bits per heavy atom. The lowest BCUT2D eigenvalue weighted by molar-refractivity contribution is -0.126. The van der Waals surface area contributed by atoms with Crippen molar-refractivity contribution in [2.45, 2.75) is 26.9 Å². The lowest BCUT2D eigenvalue weighted by Gasteiger charge is -2.24. The molecule has 5 heteroatoms. The molecule has 1 aromatic heterocycles. The molecule has 5 nitrogen and oxygen atoms in total. The van der Waals surface area contributed by atoms with Gasteiger partial charge in [0.2, 0.25) is 0 Å². The van der Waals surface area contributed by atoms with Gasteiger partial charge in [0.05, 0.1) is 11.1 Å².